The second-order valence-electron chi connectivity index (χ2n) is 7.06. The van der Waals surface area contributed by atoms with Crippen molar-refractivity contribution in [2.24, 2.45) is 0 Å². The SMILES string of the molecule is OCCC1CN(Cc2cccn2-c2ccccn2)CCN1Cc1ccsc1. The molecule has 6 heteroatoms. The number of thiophene rings is 1. The van der Waals surface area contributed by atoms with Crippen LogP contribution in [-0.4, -0.2) is 56.7 Å². The van der Waals surface area contributed by atoms with E-state index in [9.17, 15) is 5.11 Å². The minimum absolute atomic E-state index is 0.239. The molecule has 0 radical (unpaired) electrons. The molecule has 27 heavy (non-hydrogen) atoms. The summed E-state index contributed by atoms with van der Waals surface area (Å²) in [5, 5.41) is 13.9. The van der Waals surface area contributed by atoms with Gasteiger partial charge in [-0.1, -0.05) is 6.07 Å². The number of rotatable bonds is 7. The Morgan fingerprint density at radius 1 is 1.11 bits per heavy atom. The lowest BCUT2D eigenvalue weighted by Gasteiger charge is -2.41. The molecule has 0 aromatic carbocycles. The van der Waals surface area contributed by atoms with Crippen LogP contribution in [0.4, 0.5) is 0 Å². The molecule has 142 valence electrons. The fourth-order valence-corrected chi connectivity index (χ4v) is 4.50. The molecule has 4 heterocycles. The van der Waals surface area contributed by atoms with Crippen molar-refractivity contribution in [3.63, 3.8) is 0 Å². The van der Waals surface area contributed by atoms with E-state index in [1.165, 1.54) is 11.3 Å². The Labute approximate surface area is 164 Å². The number of hydrogen-bond donors (Lipinski definition) is 1. The van der Waals surface area contributed by atoms with Crippen LogP contribution in [0.15, 0.2) is 59.6 Å². The van der Waals surface area contributed by atoms with Crippen LogP contribution in [0.2, 0.25) is 0 Å². The van der Waals surface area contributed by atoms with Crippen LogP contribution < -0.4 is 0 Å². The van der Waals surface area contributed by atoms with Crippen molar-refractivity contribution in [2.75, 3.05) is 26.2 Å². The number of aliphatic hydroxyl groups is 1. The second-order valence-corrected chi connectivity index (χ2v) is 7.84. The minimum atomic E-state index is 0.239. The Kier molecular flexibility index (Phi) is 5.99. The predicted molar refractivity (Wildman–Crippen MR) is 109 cm³/mol. The number of aliphatic hydroxyl groups excluding tert-OH is 1. The highest BCUT2D eigenvalue weighted by atomic mass is 32.1. The molecule has 1 saturated heterocycles. The van der Waals surface area contributed by atoms with E-state index in [4.69, 9.17) is 0 Å². The van der Waals surface area contributed by atoms with E-state index in [0.29, 0.717) is 6.04 Å². The smallest absolute Gasteiger partial charge is 0.136 e. The third-order valence-corrected chi connectivity index (χ3v) is 5.96. The average Bonchev–Trinajstić information content (AvgIpc) is 3.37. The molecular weight excluding hydrogens is 356 g/mol. The monoisotopic (exact) mass is 382 g/mol. The fraction of sp³-hybridized carbons (Fsp3) is 0.381. The Morgan fingerprint density at radius 3 is 2.85 bits per heavy atom. The maximum absolute atomic E-state index is 9.54. The summed E-state index contributed by atoms with van der Waals surface area (Å²) < 4.78 is 2.17. The van der Waals surface area contributed by atoms with Crippen LogP contribution in [0.1, 0.15) is 17.7 Å². The van der Waals surface area contributed by atoms with Gasteiger partial charge in [0.25, 0.3) is 0 Å². The number of nitrogens with zero attached hydrogens (tertiary/aromatic N) is 4. The molecule has 0 saturated carbocycles. The van der Waals surface area contributed by atoms with Crippen LogP contribution >= 0.6 is 11.3 Å². The largest absolute Gasteiger partial charge is 0.396 e. The van der Waals surface area contributed by atoms with Crippen LogP contribution in [-0.2, 0) is 13.1 Å². The molecule has 4 rings (SSSR count). The van der Waals surface area contributed by atoms with E-state index in [1.54, 1.807) is 11.3 Å². The molecule has 1 aliphatic rings. The summed E-state index contributed by atoms with van der Waals surface area (Å²) >= 11 is 1.75. The first-order chi connectivity index (χ1) is 13.3. The molecule has 3 aromatic heterocycles. The van der Waals surface area contributed by atoms with E-state index < -0.39 is 0 Å². The van der Waals surface area contributed by atoms with E-state index in [0.717, 1.165) is 45.0 Å². The highest BCUT2D eigenvalue weighted by molar-refractivity contribution is 7.07. The summed E-state index contributed by atoms with van der Waals surface area (Å²) in [6, 6.07) is 12.9. The molecule has 1 unspecified atom stereocenters. The molecular formula is C21H26N4OS. The molecule has 1 atom stereocenters. The summed E-state index contributed by atoms with van der Waals surface area (Å²) in [4.78, 5) is 9.50. The normalized spacial score (nSPS) is 18.8. The number of piperazine rings is 1. The minimum Gasteiger partial charge on any atom is -0.396 e. The maximum Gasteiger partial charge on any atom is 0.136 e. The topological polar surface area (TPSA) is 44.5 Å². The van der Waals surface area contributed by atoms with Gasteiger partial charge >= 0.3 is 0 Å². The van der Waals surface area contributed by atoms with E-state index in [1.807, 2.05) is 24.4 Å². The van der Waals surface area contributed by atoms with Gasteiger partial charge in [-0.25, -0.2) is 4.98 Å². The lowest BCUT2D eigenvalue weighted by Crippen LogP contribution is -2.52. The van der Waals surface area contributed by atoms with Crippen LogP contribution in [0.25, 0.3) is 5.82 Å². The molecule has 1 aliphatic heterocycles. The maximum atomic E-state index is 9.54. The summed E-state index contributed by atoms with van der Waals surface area (Å²) in [5.74, 6) is 0.959. The van der Waals surface area contributed by atoms with Gasteiger partial charge in [0.1, 0.15) is 5.82 Å². The summed E-state index contributed by atoms with van der Waals surface area (Å²) in [5.41, 5.74) is 2.63. The summed E-state index contributed by atoms with van der Waals surface area (Å²) in [6.45, 7) is 5.18. The van der Waals surface area contributed by atoms with Crippen molar-refractivity contribution >= 4 is 11.3 Å². The van der Waals surface area contributed by atoms with Gasteiger partial charge in [-0.15, -0.1) is 0 Å². The Hall–Kier alpha value is -1.99. The molecule has 0 bridgehead atoms. The Balaban J connectivity index is 1.43. The first-order valence-electron chi connectivity index (χ1n) is 9.49. The van der Waals surface area contributed by atoms with Gasteiger partial charge in [0, 0.05) is 63.5 Å². The molecule has 0 spiro atoms. The van der Waals surface area contributed by atoms with E-state index >= 15 is 0 Å². The van der Waals surface area contributed by atoms with Crippen LogP contribution in [0.3, 0.4) is 0 Å². The van der Waals surface area contributed by atoms with Crippen LogP contribution in [0.5, 0.6) is 0 Å². The summed E-state index contributed by atoms with van der Waals surface area (Å²) in [7, 11) is 0. The lowest BCUT2D eigenvalue weighted by molar-refractivity contribution is 0.0492. The van der Waals surface area contributed by atoms with Gasteiger partial charge in [0.2, 0.25) is 0 Å². The fourth-order valence-electron chi connectivity index (χ4n) is 3.84. The third kappa shape index (κ3) is 4.47. The Bertz CT molecular complexity index is 818. The van der Waals surface area contributed by atoms with Gasteiger partial charge < -0.3 is 9.67 Å². The first kappa shape index (κ1) is 18.4. The van der Waals surface area contributed by atoms with Gasteiger partial charge in [0.05, 0.1) is 0 Å². The van der Waals surface area contributed by atoms with Gasteiger partial charge in [-0.05, 0) is 53.1 Å². The van der Waals surface area contributed by atoms with Crippen molar-refractivity contribution in [1.29, 1.82) is 0 Å². The summed E-state index contributed by atoms with van der Waals surface area (Å²) in [6.07, 6.45) is 4.73. The number of hydrogen-bond acceptors (Lipinski definition) is 5. The molecule has 1 fully saturated rings. The first-order valence-corrected chi connectivity index (χ1v) is 10.4. The van der Waals surface area contributed by atoms with Crippen molar-refractivity contribution in [1.82, 2.24) is 19.4 Å². The molecule has 0 amide bonds. The van der Waals surface area contributed by atoms with Gasteiger partial charge in [0.15, 0.2) is 0 Å². The zero-order valence-corrected chi connectivity index (χ0v) is 16.3. The zero-order chi connectivity index (χ0) is 18.5. The number of pyridine rings is 1. The van der Waals surface area contributed by atoms with Crippen molar-refractivity contribution in [3.05, 3.63) is 70.8 Å². The quantitative estimate of drug-likeness (QED) is 0.682. The highest BCUT2D eigenvalue weighted by Gasteiger charge is 2.27. The zero-order valence-electron chi connectivity index (χ0n) is 15.4. The standard InChI is InChI=1S/C21H26N4OS/c26-12-6-19-15-23(10-11-24(19)14-18-7-13-27-17-18)16-20-4-3-9-25(20)21-5-1-2-8-22-21/h1-5,7-9,13,17,19,26H,6,10-12,14-16H2. The molecule has 5 nitrogen and oxygen atoms in total. The van der Waals surface area contributed by atoms with Gasteiger partial charge in [-0.2, -0.15) is 11.3 Å². The average molecular weight is 383 g/mol. The lowest BCUT2D eigenvalue weighted by atomic mass is 10.1. The van der Waals surface area contributed by atoms with E-state index in [-0.39, 0.29) is 6.61 Å². The highest BCUT2D eigenvalue weighted by Crippen LogP contribution is 2.20. The second kappa shape index (κ2) is 8.80. The molecule has 3 aromatic rings. The number of aromatic nitrogens is 2. The van der Waals surface area contributed by atoms with Gasteiger partial charge in [-0.3, -0.25) is 9.80 Å². The Morgan fingerprint density at radius 2 is 2.07 bits per heavy atom. The van der Waals surface area contributed by atoms with E-state index in [2.05, 4.69) is 54.5 Å². The molecule has 0 aliphatic carbocycles. The van der Waals surface area contributed by atoms with Crippen molar-refractivity contribution < 1.29 is 5.11 Å². The van der Waals surface area contributed by atoms with Crippen molar-refractivity contribution in [2.45, 2.75) is 25.6 Å². The van der Waals surface area contributed by atoms with Crippen molar-refractivity contribution in [3.8, 4) is 5.82 Å². The molecule has 1 N–H and O–H groups in total. The predicted octanol–water partition coefficient (Wildman–Crippen LogP) is 3.00. The third-order valence-electron chi connectivity index (χ3n) is 5.23. The van der Waals surface area contributed by atoms with Crippen LogP contribution in [0, 0.1) is 0 Å².